The van der Waals surface area contributed by atoms with Crippen molar-refractivity contribution in [3.8, 4) is 0 Å². The number of carbonyl (C=O) groups is 2. The van der Waals surface area contributed by atoms with Gasteiger partial charge in [-0.05, 0) is 17.7 Å². The van der Waals surface area contributed by atoms with Gasteiger partial charge < -0.3 is 20.5 Å². The van der Waals surface area contributed by atoms with Gasteiger partial charge in [-0.1, -0.05) is 6.92 Å². The number of rotatable bonds is 8. The molecule has 20 heavy (non-hydrogen) atoms. The van der Waals surface area contributed by atoms with Crippen LogP contribution in [0.5, 0.6) is 0 Å². The summed E-state index contributed by atoms with van der Waals surface area (Å²) in [6.45, 7) is 3.05. The molecule has 0 spiro atoms. The van der Waals surface area contributed by atoms with Crippen LogP contribution in [0.1, 0.15) is 19.8 Å². The zero-order chi connectivity index (χ0) is 14.7. The zero-order valence-electron chi connectivity index (χ0n) is 11.5. The topological polar surface area (TPSA) is 92.9 Å². The van der Waals surface area contributed by atoms with Gasteiger partial charge in [-0.2, -0.15) is 0 Å². The van der Waals surface area contributed by atoms with Gasteiger partial charge in [0.15, 0.2) is 0 Å². The number of carbonyl (C=O) groups excluding carboxylic acids is 1. The lowest BCUT2D eigenvalue weighted by molar-refractivity contribution is -0.148. The molecule has 2 aliphatic heterocycles. The van der Waals surface area contributed by atoms with E-state index in [9.17, 15) is 14.7 Å². The number of ether oxygens (including phenoxy) is 1. The minimum absolute atomic E-state index is 0.0575. The predicted octanol–water partition coefficient (Wildman–Crippen LogP) is 0.632. The number of nitrogens with zero attached hydrogens (tertiary/aromatic N) is 1. The van der Waals surface area contributed by atoms with Crippen molar-refractivity contribution >= 4 is 23.6 Å². The predicted molar refractivity (Wildman–Crippen MR) is 76.0 cm³/mol. The molecule has 0 saturated carbocycles. The number of β-lactam (4-membered cyclic amide) rings is 1. The zero-order valence-corrected chi connectivity index (χ0v) is 12.3. The molecular weight excluding hydrogens is 280 g/mol. The van der Waals surface area contributed by atoms with Crippen molar-refractivity contribution in [1.29, 1.82) is 0 Å². The van der Waals surface area contributed by atoms with E-state index < -0.39 is 5.97 Å². The molecule has 0 aromatic rings. The molecule has 0 unspecified atom stereocenters. The van der Waals surface area contributed by atoms with E-state index in [1.54, 1.807) is 11.8 Å². The standard InChI is InChI=1S/C13H20N2O4S/c1-8-9(2-5-20-7-19-4-3-14)12(13(17)18)15-10(8)6-11(15)16/h8,10H,2-7,14H2,1H3,(H,17,18)/t8-,10+/m1/s1. The van der Waals surface area contributed by atoms with Gasteiger partial charge in [0, 0.05) is 18.9 Å². The molecule has 7 heteroatoms. The van der Waals surface area contributed by atoms with E-state index in [0.717, 1.165) is 11.3 Å². The number of hydrogen-bond acceptors (Lipinski definition) is 5. The summed E-state index contributed by atoms with van der Waals surface area (Å²) < 4.78 is 5.26. The number of carboxylic acid groups (broad SMARTS) is 1. The molecule has 1 saturated heterocycles. The Hall–Kier alpha value is -1.05. The van der Waals surface area contributed by atoms with Crippen LogP contribution in [0.2, 0.25) is 0 Å². The quantitative estimate of drug-likeness (QED) is 0.388. The molecule has 0 aromatic heterocycles. The van der Waals surface area contributed by atoms with Crippen LogP contribution in [0.15, 0.2) is 11.3 Å². The van der Waals surface area contributed by atoms with Gasteiger partial charge in [0.2, 0.25) is 5.91 Å². The van der Waals surface area contributed by atoms with Crippen molar-refractivity contribution in [3.05, 3.63) is 11.3 Å². The molecule has 2 heterocycles. The van der Waals surface area contributed by atoms with Crippen LogP contribution in [-0.4, -0.2) is 52.8 Å². The summed E-state index contributed by atoms with van der Waals surface area (Å²) in [5.41, 5.74) is 6.42. The summed E-state index contributed by atoms with van der Waals surface area (Å²) in [6, 6.07) is 0.0575. The highest BCUT2D eigenvalue weighted by Gasteiger charge is 2.51. The summed E-state index contributed by atoms with van der Waals surface area (Å²) in [4.78, 5) is 24.4. The monoisotopic (exact) mass is 300 g/mol. The van der Waals surface area contributed by atoms with Gasteiger partial charge >= 0.3 is 5.97 Å². The fraction of sp³-hybridized carbons (Fsp3) is 0.692. The highest BCUT2D eigenvalue weighted by Crippen LogP contribution is 2.43. The summed E-state index contributed by atoms with van der Waals surface area (Å²) in [5, 5.41) is 9.32. The Morgan fingerprint density at radius 3 is 2.95 bits per heavy atom. The SMILES string of the molecule is C[C@@H]1C(CCSCOCCN)=C(C(=O)O)N2C(=O)C[C@@H]12. The van der Waals surface area contributed by atoms with Crippen molar-refractivity contribution in [2.75, 3.05) is 24.8 Å². The fourth-order valence-corrected chi connectivity index (χ4v) is 3.48. The first-order valence-corrected chi connectivity index (χ1v) is 7.87. The number of nitrogens with two attached hydrogens (primary N) is 1. The van der Waals surface area contributed by atoms with E-state index in [-0.39, 0.29) is 23.6 Å². The number of aliphatic carboxylic acids is 1. The van der Waals surface area contributed by atoms with Crippen molar-refractivity contribution in [3.63, 3.8) is 0 Å². The third-order valence-electron chi connectivity index (χ3n) is 3.80. The average Bonchev–Trinajstić information content (AvgIpc) is 2.62. The highest BCUT2D eigenvalue weighted by molar-refractivity contribution is 7.99. The maximum atomic E-state index is 11.6. The lowest BCUT2D eigenvalue weighted by Crippen LogP contribution is -2.51. The largest absolute Gasteiger partial charge is 0.477 e. The van der Waals surface area contributed by atoms with Gasteiger partial charge in [0.25, 0.3) is 0 Å². The third-order valence-corrected chi connectivity index (χ3v) is 4.63. The fourth-order valence-electron chi connectivity index (χ4n) is 2.76. The molecule has 112 valence electrons. The molecule has 2 rings (SSSR count). The number of thioether (sulfide) groups is 1. The number of carboxylic acids is 1. The molecule has 1 amide bonds. The maximum Gasteiger partial charge on any atom is 0.352 e. The van der Waals surface area contributed by atoms with Crippen LogP contribution >= 0.6 is 11.8 Å². The summed E-state index contributed by atoms with van der Waals surface area (Å²) >= 11 is 1.61. The Morgan fingerprint density at radius 1 is 1.60 bits per heavy atom. The maximum absolute atomic E-state index is 11.6. The Balaban J connectivity index is 1.91. The second-order valence-electron chi connectivity index (χ2n) is 4.98. The van der Waals surface area contributed by atoms with Crippen LogP contribution < -0.4 is 5.73 Å². The van der Waals surface area contributed by atoms with Gasteiger partial charge in [0.1, 0.15) is 5.70 Å². The van der Waals surface area contributed by atoms with Gasteiger partial charge in [-0.25, -0.2) is 4.79 Å². The molecule has 1 fully saturated rings. The van der Waals surface area contributed by atoms with Crippen LogP contribution in [-0.2, 0) is 14.3 Å². The molecule has 2 aliphatic rings. The number of hydrogen-bond donors (Lipinski definition) is 2. The Labute approximate surface area is 122 Å². The second-order valence-corrected chi connectivity index (χ2v) is 6.03. The average molecular weight is 300 g/mol. The molecule has 6 nitrogen and oxygen atoms in total. The summed E-state index contributed by atoms with van der Waals surface area (Å²) in [5.74, 6) is 0.424. The Kier molecular flexibility index (Phi) is 5.06. The lowest BCUT2D eigenvalue weighted by Gasteiger charge is -2.37. The Bertz CT molecular complexity index is 438. The molecule has 0 aromatic carbocycles. The molecule has 0 radical (unpaired) electrons. The first kappa shape index (κ1) is 15.3. The van der Waals surface area contributed by atoms with Crippen LogP contribution in [0, 0.1) is 5.92 Å². The smallest absolute Gasteiger partial charge is 0.352 e. The van der Waals surface area contributed by atoms with Gasteiger partial charge in [0.05, 0.1) is 18.6 Å². The molecule has 3 N–H and O–H groups in total. The molecule has 0 bridgehead atoms. The van der Waals surface area contributed by atoms with E-state index in [1.807, 2.05) is 6.92 Å². The first-order valence-electron chi connectivity index (χ1n) is 6.71. The Morgan fingerprint density at radius 2 is 2.35 bits per heavy atom. The number of amides is 1. The van der Waals surface area contributed by atoms with Crippen LogP contribution in [0.25, 0.3) is 0 Å². The van der Waals surface area contributed by atoms with Crippen molar-refractivity contribution in [1.82, 2.24) is 4.90 Å². The van der Waals surface area contributed by atoms with E-state index >= 15 is 0 Å². The highest BCUT2D eigenvalue weighted by atomic mass is 32.2. The van der Waals surface area contributed by atoms with E-state index in [4.69, 9.17) is 10.5 Å². The minimum Gasteiger partial charge on any atom is -0.477 e. The van der Waals surface area contributed by atoms with Crippen molar-refractivity contribution in [2.45, 2.75) is 25.8 Å². The minimum atomic E-state index is -0.994. The van der Waals surface area contributed by atoms with Crippen LogP contribution in [0.3, 0.4) is 0 Å². The summed E-state index contributed by atoms with van der Waals surface area (Å²) in [7, 11) is 0. The molecular formula is C13H20N2O4S. The normalized spacial score (nSPS) is 24.9. The van der Waals surface area contributed by atoms with Crippen molar-refractivity contribution < 1.29 is 19.4 Å². The molecule has 0 aliphatic carbocycles. The first-order chi connectivity index (χ1) is 9.57. The third kappa shape index (κ3) is 2.84. The lowest BCUT2D eigenvalue weighted by atomic mass is 9.89. The van der Waals surface area contributed by atoms with E-state index in [0.29, 0.717) is 31.9 Å². The van der Waals surface area contributed by atoms with Gasteiger partial charge in [-0.3, -0.25) is 4.79 Å². The second kappa shape index (κ2) is 6.60. The van der Waals surface area contributed by atoms with Crippen LogP contribution in [0.4, 0.5) is 0 Å². The van der Waals surface area contributed by atoms with Crippen molar-refractivity contribution in [2.24, 2.45) is 11.7 Å². The van der Waals surface area contributed by atoms with E-state index in [1.165, 1.54) is 4.90 Å². The molecule has 2 atom stereocenters. The summed E-state index contributed by atoms with van der Waals surface area (Å²) in [6.07, 6.45) is 1.15. The van der Waals surface area contributed by atoms with Gasteiger partial charge in [-0.15, -0.1) is 11.8 Å². The number of fused-ring (bicyclic) bond motifs is 1. The van der Waals surface area contributed by atoms with E-state index in [2.05, 4.69) is 0 Å².